The van der Waals surface area contributed by atoms with E-state index in [1.54, 1.807) is 34.0 Å². The number of hydrogen-bond acceptors (Lipinski definition) is 3. The van der Waals surface area contributed by atoms with Crippen molar-refractivity contribution < 1.29 is 0 Å². The van der Waals surface area contributed by atoms with Crippen LogP contribution in [0.3, 0.4) is 0 Å². The molecule has 3 rings (SSSR count). The van der Waals surface area contributed by atoms with Gasteiger partial charge in [0.25, 0.3) is 0 Å². The van der Waals surface area contributed by atoms with Crippen LogP contribution in [-0.4, -0.2) is 0 Å². The number of thiophene rings is 3. The van der Waals surface area contributed by atoms with Gasteiger partial charge in [-0.3, -0.25) is 0 Å². The van der Waals surface area contributed by atoms with Gasteiger partial charge in [-0.2, -0.15) is 34.0 Å². The molecule has 3 heteroatoms. The molecule has 0 radical (unpaired) electrons. The summed E-state index contributed by atoms with van der Waals surface area (Å²) in [7, 11) is 0. The predicted molar refractivity (Wildman–Crippen MR) is 73.9 cm³/mol. The molecule has 3 aromatic rings. The van der Waals surface area contributed by atoms with Crippen molar-refractivity contribution in [2.45, 2.75) is 5.92 Å². The normalized spacial score (nSPS) is 11.1. The van der Waals surface area contributed by atoms with Crippen molar-refractivity contribution in [3.05, 3.63) is 67.2 Å². The van der Waals surface area contributed by atoms with Crippen LogP contribution in [0, 0.1) is 0 Å². The molecule has 0 N–H and O–H groups in total. The van der Waals surface area contributed by atoms with Gasteiger partial charge >= 0.3 is 0 Å². The molecule has 0 atom stereocenters. The molecular formula is C13H10S3. The number of rotatable bonds is 3. The monoisotopic (exact) mass is 262 g/mol. The highest BCUT2D eigenvalue weighted by Crippen LogP contribution is 2.35. The average Bonchev–Trinajstić information content (AvgIpc) is 3.02. The molecule has 0 fully saturated rings. The van der Waals surface area contributed by atoms with Crippen molar-refractivity contribution in [2.75, 3.05) is 0 Å². The Morgan fingerprint density at radius 2 is 1.00 bits per heavy atom. The van der Waals surface area contributed by atoms with Crippen molar-refractivity contribution in [3.63, 3.8) is 0 Å². The van der Waals surface area contributed by atoms with Gasteiger partial charge in [0.2, 0.25) is 0 Å². The lowest BCUT2D eigenvalue weighted by atomic mass is 9.90. The summed E-state index contributed by atoms with van der Waals surface area (Å²) in [5.74, 6) is 0.420. The van der Waals surface area contributed by atoms with E-state index < -0.39 is 0 Å². The maximum absolute atomic E-state index is 2.25. The van der Waals surface area contributed by atoms with Crippen LogP contribution < -0.4 is 0 Å². The summed E-state index contributed by atoms with van der Waals surface area (Å²) < 4.78 is 0. The average molecular weight is 262 g/mol. The fourth-order valence-corrected chi connectivity index (χ4v) is 3.95. The van der Waals surface area contributed by atoms with Crippen LogP contribution in [0.15, 0.2) is 50.5 Å². The molecule has 0 aliphatic rings. The summed E-state index contributed by atoms with van der Waals surface area (Å²) in [5, 5.41) is 13.2. The van der Waals surface area contributed by atoms with E-state index in [2.05, 4.69) is 50.5 Å². The first kappa shape index (κ1) is 10.3. The van der Waals surface area contributed by atoms with E-state index in [0.717, 1.165) is 0 Å². The molecule has 0 spiro atoms. The van der Waals surface area contributed by atoms with Crippen LogP contribution in [-0.2, 0) is 0 Å². The van der Waals surface area contributed by atoms with Crippen LogP contribution in [0.2, 0.25) is 0 Å². The lowest BCUT2D eigenvalue weighted by Gasteiger charge is -2.13. The highest BCUT2D eigenvalue weighted by Gasteiger charge is 2.17. The van der Waals surface area contributed by atoms with Gasteiger partial charge in [0.05, 0.1) is 0 Å². The highest BCUT2D eigenvalue weighted by atomic mass is 32.1. The van der Waals surface area contributed by atoms with Crippen LogP contribution >= 0.6 is 34.0 Å². The van der Waals surface area contributed by atoms with Gasteiger partial charge in [-0.15, -0.1) is 0 Å². The van der Waals surface area contributed by atoms with Crippen LogP contribution in [0.1, 0.15) is 22.6 Å². The molecule has 0 unspecified atom stereocenters. The minimum Gasteiger partial charge on any atom is -0.152 e. The molecular weight excluding hydrogens is 252 g/mol. The molecule has 0 aliphatic heterocycles. The third-order valence-electron chi connectivity index (χ3n) is 2.63. The van der Waals surface area contributed by atoms with Gasteiger partial charge in [0, 0.05) is 5.92 Å². The molecule has 0 saturated heterocycles. The van der Waals surface area contributed by atoms with E-state index in [-0.39, 0.29) is 0 Å². The largest absolute Gasteiger partial charge is 0.152 e. The third-order valence-corrected chi connectivity index (χ3v) is 4.73. The second-order valence-electron chi connectivity index (χ2n) is 3.60. The van der Waals surface area contributed by atoms with Crippen LogP contribution in [0.4, 0.5) is 0 Å². The minimum absolute atomic E-state index is 0.420. The molecule has 80 valence electrons. The summed E-state index contributed by atoms with van der Waals surface area (Å²) in [4.78, 5) is 0. The van der Waals surface area contributed by atoms with Gasteiger partial charge in [-0.25, -0.2) is 0 Å². The third kappa shape index (κ3) is 1.86. The van der Waals surface area contributed by atoms with E-state index in [1.807, 2.05) is 0 Å². The number of hydrogen-bond donors (Lipinski definition) is 0. The van der Waals surface area contributed by atoms with Gasteiger partial charge in [-0.05, 0) is 67.2 Å². The first-order chi connectivity index (χ1) is 7.95. The van der Waals surface area contributed by atoms with Gasteiger partial charge in [-0.1, -0.05) is 0 Å². The molecule has 16 heavy (non-hydrogen) atoms. The maximum atomic E-state index is 2.25. The smallest absolute Gasteiger partial charge is 0.0364 e. The molecule has 0 aliphatic carbocycles. The molecule has 3 heterocycles. The van der Waals surface area contributed by atoms with E-state index in [4.69, 9.17) is 0 Å². The summed E-state index contributed by atoms with van der Waals surface area (Å²) in [6, 6.07) is 6.68. The van der Waals surface area contributed by atoms with Crippen molar-refractivity contribution in [3.8, 4) is 0 Å². The Morgan fingerprint density at radius 3 is 1.25 bits per heavy atom. The Kier molecular flexibility index (Phi) is 2.91. The molecule has 0 saturated carbocycles. The van der Waals surface area contributed by atoms with Crippen molar-refractivity contribution in [1.29, 1.82) is 0 Å². The first-order valence-electron chi connectivity index (χ1n) is 5.01. The van der Waals surface area contributed by atoms with Gasteiger partial charge in [0.1, 0.15) is 0 Å². The van der Waals surface area contributed by atoms with Crippen LogP contribution in [0.5, 0.6) is 0 Å². The van der Waals surface area contributed by atoms with Crippen molar-refractivity contribution in [2.24, 2.45) is 0 Å². The SMILES string of the molecule is c1cc(C(c2ccsc2)c2ccsc2)cs1. The summed E-state index contributed by atoms with van der Waals surface area (Å²) in [6.45, 7) is 0. The standard InChI is InChI=1S/C13H10S3/c1-4-14-7-10(1)13(11-2-5-15-8-11)12-3-6-16-9-12/h1-9,13H. The van der Waals surface area contributed by atoms with Crippen molar-refractivity contribution >= 4 is 34.0 Å². The summed E-state index contributed by atoms with van der Waals surface area (Å²) in [5.41, 5.74) is 4.21. The Hall–Kier alpha value is -0.900. The zero-order valence-electron chi connectivity index (χ0n) is 8.50. The van der Waals surface area contributed by atoms with Gasteiger partial charge in [0.15, 0.2) is 0 Å². The predicted octanol–water partition coefficient (Wildman–Crippen LogP) is 5.05. The second kappa shape index (κ2) is 4.53. The van der Waals surface area contributed by atoms with E-state index in [1.165, 1.54) is 16.7 Å². The minimum atomic E-state index is 0.420. The second-order valence-corrected chi connectivity index (χ2v) is 5.94. The first-order valence-corrected chi connectivity index (χ1v) is 7.84. The zero-order chi connectivity index (χ0) is 10.8. The fraction of sp³-hybridized carbons (Fsp3) is 0.0769. The Bertz CT molecular complexity index is 436. The molecule has 0 amide bonds. The van der Waals surface area contributed by atoms with E-state index >= 15 is 0 Å². The molecule has 3 aromatic heterocycles. The van der Waals surface area contributed by atoms with Crippen LogP contribution in [0.25, 0.3) is 0 Å². The molecule has 0 nitrogen and oxygen atoms in total. The molecule has 0 aromatic carbocycles. The van der Waals surface area contributed by atoms with Gasteiger partial charge < -0.3 is 0 Å². The Labute approximate surface area is 107 Å². The topological polar surface area (TPSA) is 0 Å². The Balaban J connectivity index is 2.09. The Morgan fingerprint density at radius 1 is 0.625 bits per heavy atom. The zero-order valence-corrected chi connectivity index (χ0v) is 10.9. The summed E-state index contributed by atoms with van der Waals surface area (Å²) in [6.07, 6.45) is 0. The van der Waals surface area contributed by atoms with E-state index in [9.17, 15) is 0 Å². The summed E-state index contributed by atoms with van der Waals surface area (Å²) >= 11 is 5.31. The lowest BCUT2D eigenvalue weighted by molar-refractivity contribution is 1.00. The van der Waals surface area contributed by atoms with Crippen molar-refractivity contribution in [1.82, 2.24) is 0 Å². The fourth-order valence-electron chi connectivity index (χ4n) is 1.90. The quantitative estimate of drug-likeness (QED) is 0.619. The highest BCUT2D eigenvalue weighted by molar-refractivity contribution is 7.08. The lowest BCUT2D eigenvalue weighted by Crippen LogP contribution is -1.98. The van der Waals surface area contributed by atoms with E-state index in [0.29, 0.717) is 5.92 Å². The maximum Gasteiger partial charge on any atom is 0.0364 e. The molecule has 0 bridgehead atoms.